The molecular formula is C21H18ClF2N5O3. The summed E-state index contributed by atoms with van der Waals surface area (Å²) in [5.74, 6) is 0.0320. The van der Waals surface area contributed by atoms with Crippen LogP contribution in [0.25, 0.3) is 11.1 Å². The summed E-state index contributed by atoms with van der Waals surface area (Å²) in [5.41, 5.74) is -1.84. The highest BCUT2D eigenvalue weighted by Gasteiger charge is 2.27. The van der Waals surface area contributed by atoms with Gasteiger partial charge in [-0.2, -0.15) is 0 Å². The minimum atomic E-state index is -3.82. The van der Waals surface area contributed by atoms with E-state index >= 15 is 0 Å². The van der Waals surface area contributed by atoms with Crippen LogP contribution in [0.1, 0.15) is 16.8 Å². The molecule has 1 atom stereocenters. The number of aliphatic hydroxyl groups excluding tert-OH is 1. The molecule has 1 aliphatic heterocycles. The quantitative estimate of drug-likeness (QED) is 0.541. The molecule has 0 bridgehead atoms. The second-order valence-corrected chi connectivity index (χ2v) is 7.58. The van der Waals surface area contributed by atoms with Gasteiger partial charge in [-0.1, -0.05) is 0 Å². The third kappa shape index (κ3) is 5.27. The summed E-state index contributed by atoms with van der Waals surface area (Å²) in [5, 5.41) is 12.6. The average molecular weight is 462 g/mol. The molecule has 4 rings (SSSR count). The van der Waals surface area contributed by atoms with Crippen LogP contribution in [0.15, 0.2) is 55.2 Å². The first kappa shape index (κ1) is 21.8. The van der Waals surface area contributed by atoms with Crippen molar-refractivity contribution in [3.63, 3.8) is 0 Å². The number of aromatic nitrogens is 3. The van der Waals surface area contributed by atoms with Crippen LogP contribution in [0, 0.1) is 0 Å². The Balaban J connectivity index is 1.57. The summed E-state index contributed by atoms with van der Waals surface area (Å²) < 4.78 is 29.7. The van der Waals surface area contributed by atoms with E-state index in [2.05, 4.69) is 25.0 Å². The van der Waals surface area contributed by atoms with Crippen molar-refractivity contribution in [2.75, 3.05) is 23.3 Å². The van der Waals surface area contributed by atoms with Crippen molar-refractivity contribution in [2.24, 2.45) is 0 Å². The number of pyridine rings is 1. The molecule has 0 radical (unpaired) electrons. The van der Waals surface area contributed by atoms with Crippen LogP contribution in [0.5, 0.6) is 5.75 Å². The molecule has 166 valence electrons. The number of hydrogen-bond acceptors (Lipinski definition) is 7. The molecule has 11 heteroatoms. The molecule has 1 saturated heterocycles. The number of alkyl halides is 3. The summed E-state index contributed by atoms with van der Waals surface area (Å²) in [6, 6.07) is 7.02. The van der Waals surface area contributed by atoms with E-state index in [1.54, 1.807) is 18.5 Å². The summed E-state index contributed by atoms with van der Waals surface area (Å²) in [6.45, 7) is 1.07. The van der Waals surface area contributed by atoms with Crippen LogP contribution < -0.4 is 15.0 Å². The lowest BCUT2D eigenvalue weighted by molar-refractivity contribution is -0.0964. The van der Waals surface area contributed by atoms with E-state index in [1.165, 1.54) is 36.8 Å². The number of rotatable bonds is 6. The van der Waals surface area contributed by atoms with Gasteiger partial charge in [0.25, 0.3) is 5.91 Å². The zero-order valence-corrected chi connectivity index (χ0v) is 17.3. The van der Waals surface area contributed by atoms with Gasteiger partial charge in [0.15, 0.2) is 0 Å². The Bertz CT molecular complexity index is 1100. The van der Waals surface area contributed by atoms with E-state index in [9.17, 15) is 18.7 Å². The van der Waals surface area contributed by atoms with Gasteiger partial charge in [-0.3, -0.25) is 4.79 Å². The average Bonchev–Trinajstić information content (AvgIpc) is 3.20. The monoisotopic (exact) mass is 461 g/mol. The normalized spacial score (nSPS) is 16.1. The smallest absolute Gasteiger partial charge is 0.420 e. The van der Waals surface area contributed by atoms with E-state index in [-0.39, 0.29) is 11.3 Å². The maximum absolute atomic E-state index is 12.8. The Morgan fingerprint density at radius 2 is 1.94 bits per heavy atom. The lowest BCUT2D eigenvalue weighted by atomic mass is 10.1. The molecule has 2 N–H and O–H groups in total. The van der Waals surface area contributed by atoms with Crippen molar-refractivity contribution in [1.82, 2.24) is 15.0 Å². The van der Waals surface area contributed by atoms with Crippen LogP contribution in [0.3, 0.4) is 0 Å². The predicted molar refractivity (Wildman–Crippen MR) is 114 cm³/mol. The molecule has 32 heavy (non-hydrogen) atoms. The van der Waals surface area contributed by atoms with Gasteiger partial charge < -0.3 is 20.1 Å². The molecule has 1 unspecified atom stereocenters. The number of halogens is 3. The molecule has 0 aliphatic carbocycles. The first-order valence-corrected chi connectivity index (χ1v) is 10.0. The molecule has 2 aromatic heterocycles. The maximum atomic E-state index is 12.8. The Hall–Kier alpha value is -3.37. The van der Waals surface area contributed by atoms with Gasteiger partial charge in [0.2, 0.25) is 0 Å². The highest BCUT2D eigenvalue weighted by atomic mass is 35.5. The Labute approximate surface area is 186 Å². The number of ether oxygens (including phenoxy) is 1. The van der Waals surface area contributed by atoms with Gasteiger partial charge >= 0.3 is 5.57 Å². The highest BCUT2D eigenvalue weighted by Crippen LogP contribution is 2.32. The standard InChI is InChI=1S/C21H18ClF2N5O3/c22-21(23,24)32-17-3-1-15(2-4-17)28-20(31)13-7-18(14-8-25-12-26-9-14)19(27-10-13)29-6-5-16(30)11-29/h1-4,7-10,12,16,30H,5-6,11H2,(H,28,31). The van der Waals surface area contributed by atoms with E-state index < -0.39 is 17.6 Å². The van der Waals surface area contributed by atoms with Crippen molar-refractivity contribution in [2.45, 2.75) is 18.1 Å². The molecular weight excluding hydrogens is 444 g/mol. The molecule has 0 spiro atoms. The summed E-state index contributed by atoms with van der Waals surface area (Å²) in [6.07, 6.45) is 6.27. The first-order valence-electron chi connectivity index (χ1n) is 9.64. The van der Waals surface area contributed by atoms with Crippen LogP contribution in [-0.2, 0) is 0 Å². The molecule has 3 aromatic rings. The van der Waals surface area contributed by atoms with Gasteiger partial charge in [0.1, 0.15) is 17.9 Å². The lowest BCUT2D eigenvalue weighted by Gasteiger charge is -2.20. The van der Waals surface area contributed by atoms with Crippen molar-refractivity contribution in [1.29, 1.82) is 0 Å². The number of nitrogens with one attached hydrogen (secondary N) is 1. The van der Waals surface area contributed by atoms with E-state index in [4.69, 9.17) is 11.6 Å². The van der Waals surface area contributed by atoms with Crippen molar-refractivity contribution < 1.29 is 23.4 Å². The maximum Gasteiger partial charge on any atom is 0.487 e. The number of amides is 1. The number of aliphatic hydroxyl groups is 1. The molecule has 1 fully saturated rings. The molecule has 1 aliphatic rings. The van der Waals surface area contributed by atoms with Gasteiger partial charge in [0.05, 0.1) is 11.7 Å². The molecule has 8 nitrogen and oxygen atoms in total. The number of nitrogens with zero attached hydrogens (tertiary/aromatic N) is 4. The van der Waals surface area contributed by atoms with Crippen LogP contribution in [0.4, 0.5) is 20.3 Å². The number of carbonyl (C=O) groups excluding carboxylic acids is 1. The van der Waals surface area contributed by atoms with Crippen LogP contribution in [-0.4, -0.2) is 50.7 Å². The van der Waals surface area contributed by atoms with Crippen molar-refractivity contribution in [3.05, 3.63) is 60.8 Å². The van der Waals surface area contributed by atoms with E-state index in [1.807, 2.05) is 4.90 Å². The summed E-state index contributed by atoms with van der Waals surface area (Å²) in [4.78, 5) is 27.3. The van der Waals surface area contributed by atoms with Gasteiger partial charge in [-0.15, -0.1) is 8.78 Å². The molecule has 0 saturated carbocycles. The Morgan fingerprint density at radius 1 is 1.22 bits per heavy atom. The van der Waals surface area contributed by atoms with Gasteiger partial charge in [-0.05, 0) is 36.8 Å². The van der Waals surface area contributed by atoms with Gasteiger partial charge in [0, 0.05) is 60.1 Å². The summed E-state index contributed by atoms with van der Waals surface area (Å²) in [7, 11) is 0. The molecule has 1 aromatic carbocycles. The number of anilines is 2. The predicted octanol–water partition coefficient (Wildman–Crippen LogP) is 3.53. The highest BCUT2D eigenvalue weighted by molar-refractivity contribution is 6.20. The van der Waals surface area contributed by atoms with Gasteiger partial charge in [-0.25, -0.2) is 15.0 Å². The zero-order valence-electron chi connectivity index (χ0n) is 16.6. The Morgan fingerprint density at radius 3 is 2.56 bits per heavy atom. The van der Waals surface area contributed by atoms with Crippen LogP contribution >= 0.6 is 11.6 Å². The second kappa shape index (κ2) is 9.01. The van der Waals surface area contributed by atoms with Crippen molar-refractivity contribution >= 4 is 29.0 Å². The zero-order chi connectivity index (χ0) is 22.7. The fourth-order valence-corrected chi connectivity index (χ4v) is 3.45. The fourth-order valence-electron chi connectivity index (χ4n) is 3.36. The SMILES string of the molecule is O=C(Nc1ccc(OC(F)(F)Cl)cc1)c1cnc(N2CCC(O)C2)c(-c2cncnc2)c1. The van der Waals surface area contributed by atoms with Crippen LogP contribution in [0.2, 0.25) is 0 Å². The van der Waals surface area contributed by atoms with Crippen molar-refractivity contribution in [3.8, 4) is 16.9 Å². The van der Waals surface area contributed by atoms with E-state index in [0.29, 0.717) is 42.1 Å². The fraction of sp³-hybridized carbons (Fsp3) is 0.238. The molecule has 3 heterocycles. The topological polar surface area (TPSA) is 100 Å². The number of β-amino-alcohol motifs (C(OH)–C–C–N with tert-alkyl or cyclic N) is 1. The number of hydrogen-bond donors (Lipinski definition) is 2. The van der Waals surface area contributed by atoms with E-state index in [0.717, 1.165) is 0 Å². The minimum Gasteiger partial charge on any atom is -0.420 e. The third-order valence-corrected chi connectivity index (χ3v) is 4.89. The third-order valence-electron chi connectivity index (χ3n) is 4.81. The lowest BCUT2D eigenvalue weighted by Crippen LogP contribution is -2.23. The minimum absolute atomic E-state index is 0.145. The number of carbonyl (C=O) groups is 1. The Kier molecular flexibility index (Phi) is 6.15. The second-order valence-electron chi connectivity index (χ2n) is 7.14. The summed E-state index contributed by atoms with van der Waals surface area (Å²) >= 11 is 4.75. The largest absolute Gasteiger partial charge is 0.487 e. The first-order chi connectivity index (χ1) is 15.3. The molecule has 1 amide bonds. The number of benzene rings is 1.